The number of amides is 1. The first kappa shape index (κ1) is 22.5. The van der Waals surface area contributed by atoms with Gasteiger partial charge in [0.15, 0.2) is 0 Å². The number of halogens is 3. The first-order valence-electron chi connectivity index (χ1n) is 10.9. The highest BCUT2D eigenvalue weighted by atomic mass is 35.5. The van der Waals surface area contributed by atoms with E-state index in [2.05, 4.69) is 29.5 Å². The molecule has 5 nitrogen and oxygen atoms in total. The van der Waals surface area contributed by atoms with E-state index in [1.807, 2.05) is 0 Å². The molecule has 0 spiro atoms. The summed E-state index contributed by atoms with van der Waals surface area (Å²) in [5, 5.41) is 6.48. The summed E-state index contributed by atoms with van der Waals surface area (Å²) in [5.41, 5.74) is 1.29. The van der Waals surface area contributed by atoms with Gasteiger partial charge in [0.25, 0.3) is 5.91 Å². The lowest BCUT2D eigenvalue weighted by atomic mass is 9.76. The van der Waals surface area contributed by atoms with Crippen molar-refractivity contribution in [1.29, 1.82) is 0 Å². The lowest BCUT2D eigenvalue weighted by molar-refractivity contribution is 0.0907. The Morgan fingerprint density at radius 3 is 2.62 bits per heavy atom. The first-order valence-corrected chi connectivity index (χ1v) is 11.3. The number of carbonyl (C=O) groups excluding carboxylic acids is 1. The Labute approximate surface area is 191 Å². The number of imidazole rings is 1. The molecule has 8 heteroatoms. The molecule has 1 amide bonds. The molecule has 0 bridgehead atoms. The molecular formula is C24H27ClF2N4O. The molecule has 1 fully saturated rings. The molecule has 170 valence electrons. The van der Waals surface area contributed by atoms with Crippen LogP contribution < -0.4 is 10.6 Å². The van der Waals surface area contributed by atoms with Crippen molar-refractivity contribution in [2.24, 2.45) is 18.9 Å². The number of anilines is 1. The SMILES string of the molecule is CC(C)C1CCC(NC(=O)c2cc3nc(Cl)n(C)c3cc2F)C(Nc2ccccc2F)C1. The van der Waals surface area contributed by atoms with E-state index < -0.39 is 11.7 Å². The van der Waals surface area contributed by atoms with Crippen LogP contribution in [-0.4, -0.2) is 27.5 Å². The lowest BCUT2D eigenvalue weighted by Gasteiger charge is -2.39. The van der Waals surface area contributed by atoms with Crippen LogP contribution in [-0.2, 0) is 7.05 Å². The molecular weight excluding hydrogens is 434 g/mol. The van der Waals surface area contributed by atoms with E-state index in [-0.39, 0.29) is 28.7 Å². The predicted molar refractivity (Wildman–Crippen MR) is 123 cm³/mol. The van der Waals surface area contributed by atoms with Crippen molar-refractivity contribution in [2.75, 3.05) is 5.32 Å². The third kappa shape index (κ3) is 4.44. The number of rotatable bonds is 5. The summed E-state index contributed by atoms with van der Waals surface area (Å²) in [7, 11) is 1.68. The Hall–Kier alpha value is -2.67. The monoisotopic (exact) mass is 460 g/mol. The number of nitrogens with zero attached hydrogens (tertiary/aromatic N) is 2. The van der Waals surface area contributed by atoms with Crippen LogP contribution in [0.25, 0.3) is 11.0 Å². The van der Waals surface area contributed by atoms with Gasteiger partial charge in [-0.2, -0.15) is 0 Å². The molecule has 1 heterocycles. The second kappa shape index (κ2) is 9.06. The summed E-state index contributed by atoms with van der Waals surface area (Å²) in [4.78, 5) is 17.2. The molecule has 0 radical (unpaired) electrons. The van der Waals surface area contributed by atoms with Crippen molar-refractivity contribution in [3.8, 4) is 0 Å². The van der Waals surface area contributed by atoms with Crippen molar-refractivity contribution >= 4 is 34.2 Å². The van der Waals surface area contributed by atoms with Gasteiger partial charge < -0.3 is 15.2 Å². The number of para-hydroxylation sites is 1. The van der Waals surface area contributed by atoms with Gasteiger partial charge in [0.1, 0.15) is 11.6 Å². The minimum atomic E-state index is -0.635. The average Bonchev–Trinajstić information content (AvgIpc) is 3.03. The predicted octanol–water partition coefficient (Wildman–Crippen LogP) is 5.54. The number of nitrogens with one attached hydrogen (secondary N) is 2. The quantitative estimate of drug-likeness (QED) is 0.525. The maximum Gasteiger partial charge on any atom is 0.254 e. The molecule has 4 rings (SSSR count). The molecule has 0 saturated heterocycles. The zero-order valence-electron chi connectivity index (χ0n) is 18.3. The van der Waals surface area contributed by atoms with E-state index in [0.717, 1.165) is 19.3 Å². The molecule has 1 aliphatic rings. The summed E-state index contributed by atoms with van der Waals surface area (Å²) in [6.45, 7) is 4.35. The number of carbonyl (C=O) groups is 1. The minimum absolute atomic E-state index is 0.0807. The molecule has 3 atom stereocenters. The summed E-state index contributed by atoms with van der Waals surface area (Å²) in [6.07, 6.45) is 2.45. The average molecular weight is 461 g/mol. The van der Waals surface area contributed by atoms with Gasteiger partial charge in [-0.05, 0) is 60.9 Å². The number of aromatic nitrogens is 2. The van der Waals surface area contributed by atoms with E-state index in [4.69, 9.17) is 11.6 Å². The number of benzene rings is 2. The minimum Gasteiger partial charge on any atom is -0.378 e. The fraction of sp³-hybridized carbons (Fsp3) is 0.417. The number of fused-ring (bicyclic) bond motifs is 1. The Kier molecular flexibility index (Phi) is 6.38. The number of aryl methyl sites for hydroxylation is 1. The largest absolute Gasteiger partial charge is 0.378 e. The maximum atomic E-state index is 14.8. The Morgan fingerprint density at radius 2 is 1.91 bits per heavy atom. The van der Waals surface area contributed by atoms with Crippen molar-refractivity contribution in [1.82, 2.24) is 14.9 Å². The van der Waals surface area contributed by atoms with Crippen LogP contribution in [0, 0.1) is 23.5 Å². The van der Waals surface area contributed by atoms with Gasteiger partial charge in [0.2, 0.25) is 5.28 Å². The third-order valence-electron chi connectivity index (χ3n) is 6.52. The van der Waals surface area contributed by atoms with Gasteiger partial charge in [-0.25, -0.2) is 13.8 Å². The highest BCUT2D eigenvalue weighted by molar-refractivity contribution is 6.29. The van der Waals surface area contributed by atoms with Gasteiger partial charge in [-0.1, -0.05) is 26.0 Å². The highest BCUT2D eigenvalue weighted by Crippen LogP contribution is 2.33. The summed E-state index contributed by atoms with van der Waals surface area (Å²) in [5.74, 6) is -0.557. The fourth-order valence-corrected chi connectivity index (χ4v) is 4.70. The second-order valence-electron chi connectivity index (χ2n) is 8.89. The van der Waals surface area contributed by atoms with Gasteiger partial charge in [0, 0.05) is 25.2 Å². The summed E-state index contributed by atoms with van der Waals surface area (Å²) < 4.78 is 30.6. The van der Waals surface area contributed by atoms with Crippen molar-refractivity contribution in [2.45, 2.75) is 45.2 Å². The van der Waals surface area contributed by atoms with E-state index in [0.29, 0.717) is 28.6 Å². The van der Waals surface area contributed by atoms with Crippen LogP contribution in [0.15, 0.2) is 36.4 Å². The molecule has 32 heavy (non-hydrogen) atoms. The zero-order valence-corrected chi connectivity index (χ0v) is 19.1. The molecule has 1 aliphatic carbocycles. The van der Waals surface area contributed by atoms with Gasteiger partial charge >= 0.3 is 0 Å². The summed E-state index contributed by atoms with van der Waals surface area (Å²) >= 11 is 6.03. The van der Waals surface area contributed by atoms with E-state index in [9.17, 15) is 13.6 Å². The van der Waals surface area contributed by atoms with Crippen molar-refractivity contribution in [3.63, 3.8) is 0 Å². The van der Waals surface area contributed by atoms with Crippen LogP contribution in [0.1, 0.15) is 43.5 Å². The van der Waals surface area contributed by atoms with E-state index in [1.54, 1.807) is 29.8 Å². The van der Waals surface area contributed by atoms with Gasteiger partial charge in [0.05, 0.1) is 22.3 Å². The molecule has 2 N–H and O–H groups in total. The van der Waals surface area contributed by atoms with Crippen LogP contribution in [0.3, 0.4) is 0 Å². The molecule has 1 aromatic heterocycles. The highest BCUT2D eigenvalue weighted by Gasteiger charge is 2.34. The van der Waals surface area contributed by atoms with Gasteiger partial charge in [-0.3, -0.25) is 4.79 Å². The molecule has 3 unspecified atom stereocenters. The van der Waals surface area contributed by atoms with Crippen molar-refractivity contribution < 1.29 is 13.6 Å². The topological polar surface area (TPSA) is 59.0 Å². The molecule has 3 aromatic rings. The number of hydrogen-bond donors (Lipinski definition) is 2. The first-order chi connectivity index (χ1) is 15.2. The van der Waals surface area contributed by atoms with Crippen LogP contribution in [0.5, 0.6) is 0 Å². The summed E-state index contributed by atoms with van der Waals surface area (Å²) in [6, 6.07) is 8.75. The van der Waals surface area contributed by atoms with Gasteiger partial charge in [-0.15, -0.1) is 0 Å². The molecule has 0 aliphatic heterocycles. The van der Waals surface area contributed by atoms with Crippen LogP contribution >= 0.6 is 11.6 Å². The van der Waals surface area contributed by atoms with Crippen molar-refractivity contribution in [3.05, 3.63) is 58.9 Å². The molecule has 1 saturated carbocycles. The zero-order chi connectivity index (χ0) is 23.0. The van der Waals surface area contributed by atoms with E-state index in [1.165, 1.54) is 18.2 Å². The van der Waals surface area contributed by atoms with Crippen LogP contribution in [0.4, 0.5) is 14.5 Å². The standard InChI is InChI=1S/C24H27ClF2N4O/c1-13(2)14-8-9-19(20(10-14)28-18-7-5-4-6-16(18)26)29-23(32)15-11-21-22(12-17(15)27)31(3)24(25)30-21/h4-7,11-14,19-20,28H,8-10H2,1-3H3,(H,29,32). The second-order valence-corrected chi connectivity index (χ2v) is 9.23. The maximum absolute atomic E-state index is 14.8. The Morgan fingerprint density at radius 1 is 1.16 bits per heavy atom. The third-order valence-corrected chi connectivity index (χ3v) is 6.86. The fourth-order valence-electron chi connectivity index (χ4n) is 4.52. The lowest BCUT2D eigenvalue weighted by Crippen LogP contribution is -2.51. The smallest absolute Gasteiger partial charge is 0.254 e. The number of hydrogen-bond acceptors (Lipinski definition) is 3. The Bertz CT molecular complexity index is 1150. The Balaban J connectivity index is 1.58. The normalized spacial score (nSPS) is 21.2. The van der Waals surface area contributed by atoms with E-state index >= 15 is 0 Å². The molecule has 2 aromatic carbocycles. The van der Waals surface area contributed by atoms with Crippen LogP contribution in [0.2, 0.25) is 5.28 Å².